The molecule has 2 rings (SSSR count). The van der Waals surface area contributed by atoms with Crippen molar-refractivity contribution in [1.82, 2.24) is 10.3 Å². The van der Waals surface area contributed by atoms with Crippen LogP contribution in [-0.2, 0) is 14.3 Å². The number of nitrogens with zero attached hydrogens (tertiary/aromatic N) is 1. The van der Waals surface area contributed by atoms with Gasteiger partial charge in [-0.1, -0.05) is 0 Å². The molecular formula is C12H23N3O3. The van der Waals surface area contributed by atoms with E-state index in [1.54, 1.807) is 0 Å². The number of carbonyl (C=O) groups excluding carboxylic acids is 1. The molecule has 0 spiro atoms. The van der Waals surface area contributed by atoms with Crippen LogP contribution in [0.1, 0.15) is 33.6 Å². The topological polar surface area (TPSA) is 80.1 Å². The molecule has 0 aliphatic carbocycles. The lowest BCUT2D eigenvalue weighted by molar-refractivity contribution is -0.126. The second kappa shape index (κ2) is 5.13. The van der Waals surface area contributed by atoms with Crippen LogP contribution < -0.4 is 11.3 Å². The second-order valence-corrected chi connectivity index (χ2v) is 5.94. The minimum absolute atomic E-state index is 0.0342. The first kappa shape index (κ1) is 13.7. The third kappa shape index (κ3) is 3.41. The Balaban J connectivity index is 1.74. The zero-order valence-corrected chi connectivity index (χ0v) is 11.3. The number of hydrogen-bond donors (Lipinski definition) is 2. The molecule has 3 N–H and O–H groups in total. The zero-order valence-electron chi connectivity index (χ0n) is 11.3. The van der Waals surface area contributed by atoms with Crippen LogP contribution in [-0.4, -0.2) is 42.0 Å². The van der Waals surface area contributed by atoms with Gasteiger partial charge >= 0.3 is 0 Å². The van der Waals surface area contributed by atoms with E-state index in [1.165, 1.54) is 0 Å². The molecule has 0 aromatic carbocycles. The highest BCUT2D eigenvalue weighted by Gasteiger charge is 2.47. The van der Waals surface area contributed by atoms with Crippen LogP contribution in [0.25, 0.3) is 0 Å². The maximum atomic E-state index is 11.4. The van der Waals surface area contributed by atoms with Gasteiger partial charge in [0.25, 0.3) is 0 Å². The van der Waals surface area contributed by atoms with E-state index >= 15 is 0 Å². The highest BCUT2D eigenvalue weighted by molar-refractivity contribution is 5.78. The van der Waals surface area contributed by atoms with Crippen molar-refractivity contribution in [1.29, 1.82) is 0 Å². The van der Waals surface area contributed by atoms with Gasteiger partial charge < -0.3 is 9.47 Å². The Morgan fingerprint density at radius 1 is 1.39 bits per heavy atom. The smallest absolute Gasteiger partial charge is 0.237 e. The van der Waals surface area contributed by atoms with Crippen molar-refractivity contribution in [2.45, 2.75) is 51.7 Å². The van der Waals surface area contributed by atoms with E-state index in [0.29, 0.717) is 0 Å². The summed E-state index contributed by atoms with van der Waals surface area (Å²) in [6.07, 6.45) is 1.59. The van der Waals surface area contributed by atoms with Crippen LogP contribution in [0.15, 0.2) is 0 Å². The lowest BCUT2D eigenvalue weighted by Gasteiger charge is -2.29. The molecule has 6 heteroatoms. The summed E-state index contributed by atoms with van der Waals surface area (Å²) in [6.45, 7) is 7.76. The number of rotatable bonds is 3. The van der Waals surface area contributed by atoms with Crippen LogP contribution >= 0.6 is 0 Å². The summed E-state index contributed by atoms with van der Waals surface area (Å²) in [5.74, 6) is 5.12. The molecule has 2 saturated heterocycles. The van der Waals surface area contributed by atoms with Gasteiger partial charge in [-0.2, -0.15) is 0 Å². The van der Waals surface area contributed by atoms with Crippen molar-refractivity contribution < 1.29 is 14.3 Å². The number of hydrazine groups is 1. The Morgan fingerprint density at radius 3 is 2.50 bits per heavy atom. The fraction of sp³-hybridized carbons (Fsp3) is 0.917. The average Bonchev–Trinajstić information content (AvgIpc) is 3.05. The fourth-order valence-corrected chi connectivity index (χ4v) is 2.32. The van der Waals surface area contributed by atoms with E-state index < -0.39 is 0 Å². The Labute approximate surface area is 108 Å². The quantitative estimate of drug-likeness (QED) is 0.326. The Bertz CT molecular complexity index is 308. The van der Waals surface area contributed by atoms with Gasteiger partial charge in [-0.15, -0.1) is 0 Å². The molecule has 2 aliphatic heterocycles. The van der Waals surface area contributed by atoms with Gasteiger partial charge in [0.1, 0.15) is 0 Å². The zero-order chi connectivity index (χ0) is 13.3. The van der Waals surface area contributed by atoms with Crippen molar-refractivity contribution in [2.75, 3.05) is 13.1 Å². The first-order chi connectivity index (χ1) is 8.40. The minimum atomic E-state index is -0.183. The molecule has 2 aliphatic rings. The van der Waals surface area contributed by atoms with Crippen LogP contribution in [0.3, 0.4) is 0 Å². The summed E-state index contributed by atoms with van der Waals surface area (Å²) in [7, 11) is 0. The highest BCUT2D eigenvalue weighted by Crippen LogP contribution is 2.33. The predicted octanol–water partition coefficient (Wildman–Crippen LogP) is 0.186. The van der Waals surface area contributed by atoms with Crippen molar-refractivity contribution in [3.05, 3.63) is 0 Å². The van der Waals surface area contributed by atoms with Gasteiger partial charge in [0.05, 0.1) is 5.60 Å². The maximum Gasteiger partial charge on any atom is 0.237 e. The van der Waals surface area contributed by atoms with Crippen molar-refractivity contribution in [3.63, 3.8) is 0 Å². The first-order valence-corrected chi connectivity index (χ1v) is 6.48. The summed E-state index contributed by atoms with van der Waals surface area (Å²) in [6, 6.07) is 0. The fourth-order valence-electron chi connectivity index (χ4n) is 2.32. The van der Waals surface area contributed by atoms with E-state index in [-0.39, 0.29) is 29.9 Å². The van der Waals surface area contributed by atoms with Crippen LogP contribution in [0, 0.1) is 5.92 Å². The van der Waals surface area contributed by atoms with E-state index in [0.717, 1.165) is 25.9 Å². The van der Waals surface area contributed by atoms with Gasteiger partial charge in [-0.05, 0) is 33.6 Å². The van der Waals surface area contributed by atoms with E-state index in [1.807, 2.05) is 20.8 Å². The summed E-state index contributed by atoms with van der Waals surface area (Å²) in [5, 5.41) is 0. The Hall–Kier alpha value is -0.690. The number of nitrogens with two attached hydrogens (primary N) is 1. The van der Waals surface area contributed by atoms with E-state index in [4.69, 9.17) is 15.3 Å². The van der Waals surface area contributed by atoms with Gasteiger partial charge in [-0.3, -0.25) is 15.1 Å². The van der Waals surface area contributed by atoms with Gasteiger partial charge in [-0.25, -0.2) is 5.84 Å². The molecule has 0 bridgehead atoms. The van der Waals surface area contributed by atoms with E-state index in [9.17, 15) is 4.79 Å². The summed E-state index contributed by atoms with van der Waals surface area (Å²) in [5.41, 5.74) is 2.04. The number of carbonyl (C=O) groups is 1. The molecular weight excluding hydrogens is 234 g/mol. The average molecular weight is 257 g/mol. The normalized spacial score (nSPS) is 30.2. The number of ether oxygens (including phenoxy) is 2. The maximum absolute atomic E-state index is 11.4. The molecule has 104 valence electrons. The van der Waals surface area contributed by atoms with Gasteiger partial charge in [0.15, 0.2) is 12.5 Å². The summed E-state index contributed by atoms with van der Waals surface area (Å²) < 4.78 is 11.3. The number of piperidine rings is 1. The highest BCUT2D eigenvalue weighted by atomic mass is 16.8. The molecule has 0 aromatic rings. The molecule has 2 atom stereocenters. The summed E-state index contributed by atoms with van der Waals surface area (Å²) >= 11 is 0. The van der Waals surface area contributed by atoms with Crippen LogP contribution in [0.2, 0.25) is 0 Å². The molecule has 2 unspecified atom stereocenters. The third-order valence-corrected chi connectivity index (χ3v) is 3.30. The predicted molar refractivity (Wildman–Crippen MR) is 66.1 cm³/mol. The standard InChI is InChI=1S/C12H23N3O3/c1-12(2,3)18-11-10(17-11)15-6-4-8(5-7-15)9(16)14-13/h8,10-11H,4-7,13H2,1-3H3,(H,14,16). The van der Waals surface area contributed by atoms with Crippen molar-refractivity contribution in [2.24, 2.45) is 11.8 Å². The minimum Gasteiger partial charge on any atom is -0.343 e. The molecule has 18 heavy (non-hydrogen) atoms. The molecule has 0 saturated carbocycles. The number of epoxide rings is 1. The lowest BCUT2D eigenvalue weighted by atomic mass is 9.96. The SMILES string of the molecule is CC(C)(C)OC1OC1N1CCC(C(=O)NN)CC1. The lowest BCUT2D eigenvalue weighted by Crippen LogP contribution is -2.44. The van der Waals surface area contributed by atoms with Gasteiger partial charge in [0.2, 0.25) is 5.91 Å². The molecule has 0 aromatic heterocycles. The molecule has 2 fully saturated rings. The molecule has 0 radical (unpaired) electrons. The van der Waals surface area contributed by atoms with Crippen LogP contribution in [0.4, 0.5) is 0 Å². The largest absolute Gasteiger partial charge is 0.343 e. The number of nitrogens with one attached hydrogen (secondary N) is 1. The Kier molecular flexibility index (Phi) is 3.91. The monoisotopic (exact) mass is 257 g/mol. The van der Waals surface area contributed by atoms with Crippen LogP contribution in [0.5, 0.6) is 0 Å². The molecule has 1 amide bonds. The van der Waals surface area contributed by atoms with Crippen molar-refractivity contribution >= 4 is 5.91 Å². The van der Waals surface area contributed by atoms with Crippen molar-refractivity contribution in [3.8, 4) is 0 Å². The molecule has 2 heterocycles. The third-order valence-electron chi connectivity index (χ3n) is 3.30. The second-order valence-electron chi connectivity index (χ2n) is 5.94. The Morgan fingerprint density at radius 2 is 2.00 bits per heavy atom. The van der Waals surface area contributed by atoms with Gasteiger partial charge in [0, 0.05) is 19.0 Å². The first-order valence-electron chi connectivity index (χ1n) is 6.48. The summed E-state index contributed by atoms with van der Waals surface area (Å²) in [4.78, 5) is 13.6. The number of hydrogen-bond acceptors (Lipinski definition) is 5. The number of likely N-dealkylation sites (tertiary alicyclic amines) is 1. The number of amides is 1. The van der Waals surface area contributed by atoms with E-state index in [2.05, 4.69) is 10.3 Å². The molecule has 6 nitrogen and oxygen atoms in total.